The Kier molecular flexibility index (Phi) is 12.5. The van der Waals surface area contributed by atoms with Crippen molar-refractivity contribution in [1.29, 1.82) is 0 Å². The molecule has 0 aromatic heterocycles. The van der Waals surface area contributed by atoms with Gasteiger partial charge >= 0.3 is 11.9 Å². The van der Waals surface area contributed by atoms with Crippen molar-refractivity contribution in [2.45, 2.75) is 32.1 Å². The molecule has 8 heteroatoms. The van der Waals surface area contributed by atoms with Gasteiger partial charge in [-0.15, -0.1) is 0 Å². The van der Waals surface area contributed by atoms with Crippen LogP contribution in [-0.2, 0) is 19.1 Å². The molecule has 2 aromatic rings. The monoisotopic (exact) mass is 496 g/mol. The van der Waals surface area contributed by atoms with Crippen LogP contribution in [0, 0.1) is 0 Å². The Hall–Kier alpha value is -3.91. The normalized spacial score (nSPS) is 10.6. The number of ether oxygens (including phenoxy) is 4. The summed E-state index contributed by atoms with van der Waals surface area (Å²) in [4.78, 5) is 34.7. The van der Waals surface area contributed by atoms with E-state index in [4.69, 9.17) is 24.1 Å². The molecule has 0 aliphatic heterocycles. The first-order chi connectivity index (χ1) is 17.4. The van der Waals surface area contributed by atoms with Gasteiger partial charge in [-0.2, -0.15) is 0 Å². The fourth-order valence-corrected chi connectivity index (χ4v) is 3.01. The van der Waals surface area contributed by atoms with Gasteiger partial charge in [-0.3, -0.25) is 4.79 Å². The number of hydrogen-bond acceptors (Lipinski definition) is 8. The summed E-state index contributed by atoms with van der Waals surface area (Å²) in [7, 11) is 1.57. The topological polar surface area (TPSA) is 108 Å². The molecule has 0 atom stereocenters. The van der Waals surface area contributed by atoms with Crippen molar-refractivity contribution >= 4 is 23.8 Å². The molecule has 0 unspecified atom stereocenters. The number of carbonyl (C=O) groups excluding carboxylic acids is 3. The number of methoxy groups -OCH3 is 1. The molecule has 192 valence electrons. The second kappa shape index (κ2) is 15.9. The van der Waals surface area contributed by atoms with Crippen LogP contribution in [0.5, 0.6) is 17.2 Å². The Bertz CT molecular complexity index is 1020. The van der Waals surface area contributed by atoms with Gasteiger partial charge in [0.05, 0.1) is 20.3 Å². The summed E-state index contributed by atoms with van der Waals surface area (Å²) < 4.78 is 21.1. The van der Waals surface area contributed by atoms with E-state index in [1.165, 1.54) is 6.08 Å². The van der Waals surface area contributed by atoms with Crippen molar-refractivity contribution in [2.24, 2.45) is 0 Å². The van der Waals surface area contributed by atoms with E-state index in [0.29, 0.717) is 24.5 Å². The molecule has 0 saturated heterocycles. The maximum absolute atomic E-state index is 12.0. The average Bonchev–Trinajstić information content (AvgIpc) is 2.89. The minimum atomic E-state index is -0.613. The Labute approximate surface area is 211 Å². The number of esters is 2. The molecule has 2 aromatic carbocycles. The molecule has 2 rings (SSSR count). The molecule has 0 amide bonds. The van der Waals surface area contributed by atoms with E-state index in [2.05, 4.69) is 6.58 Å². The van der Waals surface area contributed by atoms with E-state index in [1.807, 2.05) is 24.3 Å². The third kappa shape index (κ3) is 11.0. The molecular weight excluding hydrogens is 464 g/mol. The summed E-state index contributed by atoms with van der Waals surface area (Å²) in [5, 5.41) is 8.69. The molecule has 0 fully saturated rings. The maximum atomic E-state index is 12.0. The van der Waals surface area contributed by atoms with Crippen molar-refractivity contribution in [3.05, 3.63) is 72.3 Å². The summed E-state index contributed by atoms with van der Waals surface area (Å²) >= 11 is 0. The van der Waals surface area contributed by atoms with Gasteiger partial charge in [-0.1, -0.05) is 18.7 Å². The van der Waals surface area contributed by atoms with E-state index < -0.39 is 24.3 Å². The lowest BCUT2D eigenvalue weighted by Gasteiger charge is -2.08. The van der Waals surface area contributed by atoms with Crippen LogP contribution < -0.4 is 14.2 Å². The molecule has 0 aliphatic rings. The lowest BCUT2D eigenvalue weighted by molar-refractivity contribution is -0.140. The minimum absolute atomic E-state index is 0.0532. The van der Waals surface area contributed by atoms with Gasteiger partial charge in [0.25, 0.3) is 0 Å². The van der Waals surface area contributed by atoms with Gasteiger partial charge in [0, 0.05) is 18.1 Å². The van der Waals surface area contributed by atoms with Crippen LogP contribution in [0.25, 0.3) is 6.08 Å². The lowest BCUT2D eigenvalue weighted by Crippen LogP contribution is -2.13. The number of unbranched alkanes of at least 4 members (excludes halogenated alkanes) is 3. The smallest absolute Gasteiger partial charge is 0.336 e. The quantitative estimate of drug-likeness (QED) is 0.159. The first-order valence-corrected chi connectivity index (χ1v) is 11.7. The summed E-state index contributed by atoms with van der Waals surface area (Å²) in [6.45, 7) is 3.71. The Morgan fingerprint density at radius 1 is 0.861 bits per heavy atom. The lowest BCUT2D eigenvalue weighted by atomic mass is 10.1. The van der Waals surface area contributed by atoms with E-state index in [1.54, 1.807) is 37.5 Å². The van der Waals surface area contributed by atoms with Crippen molar-refractivity contribution in [1.82, 2.24) is 0 Å². The van der Waals surface area contributed by atoms with E-state index in [0.717, 1.165) is 30.6 Å². The molecule has 0 heterocycles. The van der Waals surface area contributed by atoms with Gasteiger partial charge < -0.3 is 24.1 Å². The molecule has 36 heavy (non-hydrogen) atoms. The van der Waals surface area contributed by atoms with Crippen molar-refractivity contribution in [3.8, 4) is 17.2 Å². The molecule has 0 aliphatic carbocycles. The first-order valence-electron chi connectivity index (χ1n) is 11.7. The second-order valence-corrected chi connectivity index (χ2v) is 7.87. The van der Waals surface area contributed by atoms with Crippen LogP contribution in [0.4, 0.5) is 0 Å². The van der Waals surface area contributed by atoms with Crippen LogP contribution in [0.15, 0.2) is 66.8 Å². The number of ketones is 1. The van der Waals surface area contributed by atoms with Gasteiger partial charge in [0.1, 0.15) is 23.9 Å². The molecule has 0 radical (unpaired) electrons. The highest BCUT2D eigenvalue weighted by Crippen LogP contribution is 2.18. The van der Waals surface area contributed by atoms with Crippen LogP contribution in [0.3, 0.4) is 0 Å². The van der Waals surface area contributed by atoms with Crippen LogP contribution in [0.2, 0.25) is 0 Å². The Morgan fingerprint density at radius 2 is 1.47 bits per heavy atom. The van der Waals surface area contributed by atoms with Gasteiger partial charge in [0.2, 0.25) is 0 Å². The number of Topliss-reactive ketones (excluding diaryl/α,β-unsaturated/α-hetero) is 1. The minimum Gasteiger partial charge on any atom is -0.497 e. The maximum Gasteiger partial charge on any atom is 0.336 e. The predicted octanol–water partition coefficient (Wildman–Crippen LogP) is 4.30. The molecule has 8 nitrogen and oxygen atoms in total. The van der Waals surface area contributed by atoms with Crippen molar-refractivity contribution in [2.75, 3.05) is 26.9 Å². The van der Waals surface area contributed by atoms with Crippen LogP contribution in [0.1, 0.15) is 37.7 Å². The highest BCUT2D eigenvalue weighted by Gasteiger charge is 2.12. The first kappa shape index (κ1) is 28.3. The SMILES string of the molecule is C=C(CC(=O)CO)C(=O)OCCCCCCOc1ccc(/C=C/C(=O)Oc2ccc(OC)cc2)cc1. The van der Waals surface area contributed by atoms with Crippen molar-refractivity contribution in [3.63, 3.8) is 0 Å². The highest BCUT2D eigenvalue weighted by atomic mass is 16.5. The largest absolute Gasteiger partial charge is 0.497 e. The van der Waals surface area contributed by atoms with Gasteiger partial charge in [-0.05, 0) is 73.7 Å². The Morgan fingerprint density at radius 3 is 2.11 bits per heavy atom. The zero-order valence-electron chi connectivity index (χ0n) is 20.4. The van der Waals surface area contributed by atoms with Crippen LogP contribution in [-0.4, -0.2) is 49.8 Å². The third-order valence-corrected chi connectivity index (χ3v) is 4.99. The van der Waals surface area contributed by atoms with Crippen molar-refractivity contribution < 1.29 is 38.4 Å². The predicted molar refractivity (Wildman–Crippen MR) is 135 cm³/mol. The fraction of sp³-hybridized carbons (Fsp3) is 0.321. The highest BCUT2D eigenvalue weighted by molar-refractivity contribution is 5.95. The molecular formula is C28H32O8. The number of rotatable bonds is 16. The van der Waals surface area contributed by atoms with Gasteiger partial charge in [-0.25, -0.2) is 9.59 Å². The Balaban J connectivity index is 1.57. The van der Waals surface area contributed by atoms with Gasteiger partial charge in [0.15, 0.2) is 5.78 Å². The number of aliphatic hydroxyl groups excluding tert-OH is 1. The summed E-state index contributed by atoms with van der Waals surface area (Å²) in [5.74, 6) is 0.313. The second-order valence-electron chi connectivity index (χ2n) is 7.87. The number of benzene rings is 2. The number of aliphatic hydroxyl groups is 1. The summed E-state index contributed by atoms with van der Waals surface area (Å²) in [6.07, 6.45) is 6.18. The third-order valence-electron chi connectivity index (χ3n) is 4.99. The number of carbonyl (C=O) groups is 3. The molecule has 1 N–H and O–H groups in total. The zero-order chi connectivity index (χ0) is 26.2. The zero-order valence-corrected chi connectivity index (χ0v) is 20.4. The molecule has 0 saturated carbocycles. The van der Waals surface area contributed by atoms with E-state index in [-0.39, 0.29) is 18.6 Å². The summed E-state index contributed by atoms with van der Waals surface area (Å²) in [6, 6.07) is 14.1. The van der Waals surface area contributed by atoms with E-state index >= 15 is 0 Å². The van der Waals surface area contributed by atoms with Crippen LogP contribution >= 0.6 is 0 Å². The fourth-order valence-electron chi connectivity index (χ4n) is 3.01. The summed E-state index contributed by atoms with van der Waals surface area (Å²) in [5.41, 5.74) is 0.893. The number of hydrogen-bond donors (Lipinski definition) is 1. The molecule has 0 spiro atoms. The molecule has 0 bridgehead atoms. The standard InChI is InChI=1S/C28H32O8/c1-21(19-23(30)20-29)28(32)35-18-6-4-3-5-17-34-25-10-7-22(8-11-25)9-16-27(31)36-26-14-12-24(33-2)13-15-26/h7-16,29H,1,3-6,17-20H2,2H3/b16-9+. The van der Waals surface area contributed by atoms with E-state index in [9.17, 15) is 14.4 Å². The average molecular weight is 497 g/mol.